The van der Waals surface area contributed by atoms with Crippen LogP contribution in [0.1, 0.15) is 21.7 Å². The molecule has 0 fully saturated rings. The molecule has 2 aromatic carbocycles. The van der Waals surface area contributed by atoms with Gasteiger partial charge in [0.05, 0.1) is 17.3 Å². The van der Waals surface area contributed by atoms with Crippen LogP contribution in [-0.4, -0.2) is 20.7 Å². The van der Waals surface area contributed by atoms with E-state index in [0.717, 1.165) is 5.56 Å². The van der Waals surface area contributed by atoms with Gasteiger partial charge in [0.1, 0.15) is 6.33 Å². The molecule has 0 aliphatic heterocycles. The van der Waals surface area contributed by atoms with Gasteiger partial charge in [-0.2, -0.15) is 0 Å². The highest BCUT2D eigenvalue weighted by Gasteiger charge is 2.15. The molecule has 24 heavy (non-hydrogen) atoms. The maximum Gasteiger partial charge on any atom is 0.295 e. The third kappa shape index (κ3) is 3.60. The summed E-state index contributed by atoms with van der Waals surface area (Å²) >= 11 is 5.69. The van der Waals surface area contributed by atoms with E-state index in [-0.39, 0.29) is 16.5 Å². The predicted octanol–water partition coefficient (Wildman–Crippen LogP) is 3.68. The van der Waals surface area contributed by atoms with Crippen LogP contribution in [0.3, 0.4) is 0 Å². The number of hydrogen-bond acceptors (Lipinski definition) is 3. The van der Waals surface area contributed by atoms with Crippen molar-refractivity contribution in [1.29, 1.82) is 0 Å². The molecular weight excluding hydrogens is 331 g/mol. The molecule has 5 nitrogen and oxygen atoms in total. The summed E-state index contributed by atoms with van der Waals surface area (Å²) in [7, 11) is 0. The van der Waals surface area contributed by atoms with Crippen LogP contribution in [0.2, 0.25) is 5.02 Å². The van der Waals surface area contributed by atoms with E-state index >= 15 is 0 Å². The maximum absolute atomic E-state index is 13.8. The van der Waals surface area contributed by atoms with Crippen molar-refractivity contribution in [3.8, 4) is 0 Å². The minimum Gasteiger partial charge on any atom is -0.317 e. The molecule has 0 spiro atoms. The topological polar surface area (TPSA) is 59.8 Å². The van der Waals surface area contributed by atoms with Crippen molar-refractivity contribution in [2.45, 2.75) is 13.5 Å². The van der Waals surface area contributed by atoms with E-state index in [0.29, 0.717) is 6.54 Å². The smallest absolute Gasteiger partial charge is 0.295 e. The lowest BCUT2D eigenvalue weighted by Gasteiger charge is -2.05. The lowest BCUT2D eigenvalue weighted by molar-refractivity contribution is 0.101. The molecule has 0 atom stereocenters. The molecule has 0 radical (unpaired) electrons. The Morgan fingerprint density at radius 3 is 2.75 bits per heavy atom. The molecule has 7 heteroatoms. The van der Waals surface area contributed by atoms with Crippen molar-refractivity contribution in [3.05, 3.63) is 76.6 Å². The SMILES string of the molecule is Cc1ccc(Cn2cnc(C(=O)Nc3cccc(Cl)c3F)n2)cc1. The number of rotatable bonds is 4. The van der Waals surface area contributed by atoms with Crippen LogP contribution >= 0.6 is 11.6 Å². The van der Waals surface area contributed by atoms with E-state index in [1.54, 1.807) is 10.7 Å². The van der Waals surface area contributed by atoms with Gasteiger partial charge in [0, 0.05) is 0 Å². The summed E-state index contributed by atoms with van der Waals surface area (Å²) in [5, 5.41) is 6.47. The highest BCUT2D eigenvalue weighted by molar-refractivity contribution is 6.31. The van der Waals surface area contributed by atoms with E-state index in [1.165, 1.54) is 24.0 Å². The monoisotopic (exact) mass is 344 g/mol. The highest BCUT2D eigenvalue weighted by atomic mass is 35.5. The number of anilines is 1. The van der Waals surface area contributed by atoms with Gasteiger partial charge in [0.2, 0.25) is 5.82 Å². The molecule has 0 unspecified atom stereocenters. The van der Waals surface area contributed by atoms with E-state index in [4.69, 9.17) is 11.6 Å². The first-order chi connectivity index (χ1) is 11.5. The Kier molecular flexibility index (Phi) is 4.57. The van der Waals surface area contributed by atoms with Crippen LogP contribution < -0.4 is 5.32 Å². The van der Waals surface area contributed by atoms with Crippen LogP contribution in [-0.2, 0) is 6.54 Å². The molecule has 3 aromatic rings. The Morgan fingerprint density at radius 2 is 2.00 bits per heavy atom. The van der Waals surface area contributed by atoms with Gasteiger partial charge in [-0.25, -0.2) is 14.1 Å². The average molecular weight is 345 g/mol. The molecule has 0 aliphatic rings. The van der Waals surface area contributed by atoms with E-state index < -0.39 is 11.7 Å². The number of halogens is 2. The number of hydrogen-bond donors (Lipinski definition) is 1. The number of aryl methyl sites for hydroxylation is 1. The fraction of sp³-hybridized carbons (Fsp3) is 0.118. The number of nitrogens with zero attached hydrogens (tertiary/aromatic N) is 3. The zero-order valence-electron chi connectivity index (χ0n) is 12.8. The number of nitrogens with one attached hydrogen (secondary N) is 1. The Morgan fingerprint density at radius 1 is 1.25 bits per heavy atom. The highest BCUT2D eigenvalue weighted by Crippen LogP contribution is 2.22. The van der Waals surface area contributed by atoms with Gasteiger partial charge in [0.25, 0.3) is 5.91 Å². The quantitative estimate of drug-likeness (QED) is 0.785. The molecule has 0 aliphatic carbocycles. The Balaban J connectivity index is 1.71. The van der Waals surface area contributed by atoms with Gasteiger partial charge >= 0.3 is 0 Å². The van der Waals surface area contributed by atoms with E-state index in [1.807, 2.05) is 31.2 Å². The summed E-state index contributed by atoms with van der Waals surface area (Å²) in [6.07, 6.45) is 1.46. The van der Waals surface area contributed by atoms with E-state index in [9.17, 15) is 9.18 Å². The minimum absolute atomic E-state index is 0.0117. The van der Waals surface area contributed by atoms with Crippen molar-refractivity contribution in [2.75, 3.05) is 5.32 Å². The largest absolute Gasteiger partial charge is 0.317 e. The van der Waals surface area contributed by atoms with Gasteiger partial charge in [0.15, 0.2) is 5.82 Å². The van der Waals surface area contributed by atoms with Gasteiger partial charge in [-0.1, -0.05) is 47.5 Å². The van der Waals surface area contributed by atoms with E-state index in [2.05, 4.69) is 15.4 Å². The molecule has 1 amide bonds. The first kappa shape index (κ1) is 16.1. The van der Waals surface area contributed by atoms with Crippen molar-refractivity contribution < 1.29 is 9.18 Å². The third-order valence-electron chi connectivity index (χ3n) is 3.40. The molecule has 3 rings (SSSR count). The molecule has 1 aromatic heterocycles. The fourth-order valence-corrected chi connectivity index (χ4v) is 2.31. The lowest BCUT2D eigenvalue weighted by atomic mass is 10.1. The maximum atomic E-state index is 13.8. The van der Waals surface area contributed by atoms with Crippen LogP contribution in [0.15, 0.2) is 48.8 Å². The molecule has 0 bridgehead atoms. The zero-order chi connectivity index (χ0) is 17.1. The predicted molar refractivity (Wildman–Crippen MR) is 89.7 cm³/mol. The first-order valence-electron chi connectivity index (χ1n) is 7.23. The van der Waals surface area contributed by atoms with Crippen molar-refractivity contribution >= 4 is 23.2 Å². The number of benzene rings is 2. The van der Waals surface area contributed by atoms with Gasteiger partial charge in [-0.15, -0.1) is 5.10 Å². The summed E-state index contributed by atoms with van der Waals surface area (Å²) in [5.74, 6) is -1.33. The Bertz CT molecular complexity index is 877. The Hall–Kier alpha value is -2.73. The fourth-order valence-electron chi connectivity index (χ4n) is 2.13. The summed E-state index contributed by atoms with van der Waals surface area (Å²) in [5.41, 5.74) is 2.20. The average Bonchev–Trinajstić information content (AvgIpc) is 3.03. The second kappa shape index (κ2) is 6.80. The summed E-state index contributed by atoms with van der Waals surface area (Å²) in [4.78, 5) is 16.1. The normalized spacial score (nSPS) is 10.6. The van der Waals surface area contributed by atoms with Gasteiger partial charge in [-0.05, 0) is 24.6 Å². The second-order valence-corrected chi connectivity index (χ2v) is 5.71. The summed E-state index contributed by atoms with van der Waals surface area (Å²) in [6, 6.07) is 12.3. The summed E-state index contributed by atoms with van der Waals surface area (Å²) in [6.45, 7) is 2.50. The van der Waals surface area contributed by atoms with Crippen molar-refractivity contribution in [2.24, 2.45) is 0 Å². The first-order valence-corrected chi connectivity index (χ1v) is 7.61. The molecule has 0 saturated carbocycles. The van der Waals surface area contributed by atoms with Crippen LogP contribution in [0.5, 0.6) is 0 Å². The molecule has 1 heterocycles. The van der Waals surface area contributed by atoms with Crippen molar-refractivity contribution in [3.63, 3.8) is 0 Å². The minimum atomic E-state index is -0.688. The van der Waals surface area contributed by atoms with Crippen LogP contribution in [0.4, 0.5) is 10.1 Å². The van der Waals surface area contributed by atoms with Crippen LogP contribution in [0.25, 0.3) is 0 Å². The zero-order valence-corrected chi connectivity index (χ0v) is 13.6. The molecule has 122 valence electrons. The van der Waals surface area contributed by atoms with Crippen molar-refractivity contribution in [1.82, 2.24) is 14.8 Å². The number of amides is 1. The molecular formula is C17H14ClFN4O. The number of carbonyl (C=O) groups excluding carboxylic acids is 1. The Labute approximate surface area is 143 Å². The molecule has 0 saturated heterocycles. The molecule has 1 N–H and O–H groups in total. The third-order valence-corrected chi connectivity index (χ3v) is 3.70. The number of aromatic nitrogens is 3. The number of carbonyl (C=O) groups is 1. The summed E-state index contributed by atoms with van der Waals surface area (Å²) < 4.78 is 15.4. The standard InChI is InChI=1S/C17H14ClFN4O/c1-11-5-7-12(8-6-11)9-23-10-20-16(22-23)17(24)21-14-4-2-3-13(18)15(14)19/h2-8,10H,9H2,1H3,(H,21,24). The second-order valence-electron chi connectivity index (χ2n) is 5.31. The van der Waals surface area contributed by atoms with Gasteiger partial charge in [-0.3, -0.25) is 4.79 Å². The lowest BCUT2D eigenvalue weighted by Crippen LogP contribution is -2.15. The van der Waals surface area contributed by atoms with Crippen LogP contribution in [0, 0.1) is 12.7 Å². The van der Waals surface area contributed by atoms with Gasteiger partial charge < -0.3 is 5.32 Å².